The molecule has 1 aliphatic rings. The second kappa shape index (κ2) is 9.14. The minimum Gasteiger partial charge on any atom is -0.480 e. The number of hydrogen-bond acceptors (Lipinski definition) is 5. The summed E-state index contributed by atoms with van der Waals surface area (Å²) in [7, 11) is 0. The number of carboxylic acid groups (broad SMARTS) is 1. The van der Waals surface area contributed by atoms with Gasteiger partial charge in [0.1, 0.15) is 11.6 Å². The largest absolute Gasteiger partial charge is 0.480 e. The zero-order valence-electron chi connectivity index (χ0n) is 16.4. The van der Waals surface area contributed by atoms with E-state index < -0.39 is 23.5 Å². The van der Waals surface area contributed by atoms with E-state index in [0.29, 0.717) is 26.3 Å². The molecule has 2 rings (SSSR count). The van der Waals surface area contributed by atoms with Crippen LogP contribution in [-0.2, 0) is 16.1 Å². The first-order chi connectivity index (χ1) is 12.7. The predicted molar refractivity (Wildman–Crippen MR) is 101 cm³/mol. The molecule has 1 saturated heterocycles. The Morgan fingerprint density at radius 3 is 2.41 bits per heavy atom. The van der Waals surface area contributed by atoms with Gasteiger partial charge in [0.15, 0.2) is 0 Å². The van der Waals surface area contributed by atoms with Crippen molar-refractivity contribution in [1.82, 2.24) is 14.8 Å². The summed E-state index contributed by atoms with van der Waals surface area (Å²) in [6, 6.07) is 0.498. The summed E-state index contributed by atoms with van der Waals surface area (Å²) in [4.78, 5) is 39.0. The van der Waals surface area contributed by atoms with E-state index in [9.17, 15) is 19.5 Å². The van der Waals surface area contributed by atoms with Gasteiger partial charge in [0, 0.05) is 31.9 Å². The van der Waals surface area contributed by atoms with Crippen molar-refractivity contribution in [2.75, 3.05) is 32.8 Å². The van der Waals surface area contributed by atoms with Gasteiger partial charge in [-0.1, -0.05) is 13.8 Å². The Morgan fingerprint density at radius 2 is 1.85 bits per heavy atom. The summed E-state index contributed by atoms with van der Waals surface area (Å²) in [6.45, 7) is 11.3. The maximum Gasteiger partial charge on any atom is 0.326 e. The fourth-order valence-electron chi connectivity index (χ4n) is 3.12. The van der Waals surface area contributed by atoms with Gasteiger partial charge in [-0.15, -0.1) is 0 Å². The predicted octanol–water partition coefficient (Wildman–Crippen LogP) is 0.636. The molecule has 27 heavy (non-hydrogen) atoms. The zero-order valence-corrected chi connectivity index (χ0v) is 16.4. The van der Waals surface area contributed by atoms with Crippen LogP contribution in [0, 0.1) is 19.8 Å². The molecule has 0 spiro atoms. The Balaban J connectivity index is 2.24. The number of carbonyl (C=O) groups excluding carboxylic acids is 1. The van der Waals surface area contributed by atoms with Crippen molar-refractivity contribution in [3.63, 3.8) is 0 Å². The summed E-state index contributed by atoms with van der Waals surface area (Å²) in [6.07, 6.45) is 0. The lowest BCUT2D eigenvalue weighted by Gasteiger charge is -2.27. The standard InChI is InChI=1S/C19H29N3O5/c1-12(2)16(19(25)26)20-17(23)15-11-13(3)14(4)22(18(15)24)6-5-21-7-9-27-10-8-21/h11-12,16H,5-10H2,1-4H3,(H,20,23)(H,25,26)/t16-/m0/s1. The minimum atomic E-state index is -1.12. The third kappa shape index (κ3) is 5.17. The summed E-state index contributed by atoms with van der Waals surface area (Å²) in [5, 5.41) is 11.8. The van der Waals surface area contributed by atoms with Crippen LogP contribution in [0.3, 0.4) is 0 Å². The number of aliphatic carboxylic acids is 1. The summed E-state index contributed by atoms with van der Waals surface area (Å²) in [5.41, 5.74) is 1.21. The number of carbonyl (C=O) groups is 2. The van der Waals surface area contributed by atoms with Crippen LogP contribution in [0.5, 0.6) is 0 Å². The molecular weight excluding hydrogens is 350 g/mol. The Morgan fingerprint density at radius 1 is 1.22 bits per heavy atom. The van der Waals surface area contributed by atoms with Crippen molar-refractivity contribution in [2.24, 2.45) is 5.92 Å². The number of hydrogen-bond donors (Lipinski definition) is 2. The number of rotatable bonds is 7. The van der Waals surface area contributed by atoms with Crippen molar-refractivity contribution in [2.45, 2.75) is 40.3 Å². The Hall–Kier alpha value is -2.19. The van der Waals surface area contributed by atoms with Crippen LogP contribution in [0.15, 0.2) is 10.9 Å². The van der Waals surface area contributed by atoms with Crippen molar-refractivity contribution in [1.29, 1.82) is 0 Å². The van der Waals surface area contributed by atoms with Gasteiger partial charge in [0.2, 0.25) is 0 Å². The van der Waals surface area contributed by atoms with E-state index in [1.54, 1.807) is 18.4 Å². The van der Waals surface area contributed by atoms with Crippen molar-refractivity contribution >= 4 is 11.9 Å². The molecule has 8 heteroatoms. The third-order valence-electron chi connectivity index (χ3n) is 5.02. The topological polar surface area (TPSA) is 101 Å². The van der Waals surface area contributed by atoms with Crippen molar-refractivity contribution in [3.05, 3.63) is 33.2 Å². The maximum atomic E-state index is 12.9. The van der Waals surface area contributed by atoms with Crippen molar-refractivity contribution in [3.8, 4) is 0 Å². The van der Waals surface area contributed by atoms with Crippen LogP contribution in [0.2, 0.25) is 0 Å². The van der Waals surface area contributed by atoms with Gasteiger partial charge in [-0.3, -0.25) is 14.5 Å². The molecule has 0 bridgehead atoms. The minimum absolute atomic E-state index is 0.0213. The van der Waals surface area contributed by atoms with Crippen LogP contribution < -0.4 is 10.9 Å². The number of carboxylic acids is 1. The van der Waals surface area contributed by atoms with E-state index in [4.69, 9.17) is 4.74 Å². The first kappa shape index (κ1) is 21.1. The van der Waals surface area contributed by atoms with Crippen LogP contribution in [0.4, 0.5) is 0 Å². The molecule has 2 N–H and O–H groups in total. The lowest BCUT2D eigenvalue weighted by molar-refractivity contribution is -0.140. The van der Waals surface area contributed by atoms with Crippen molar-refractivity contribution < 1.29 is 19.4 Å². The number of nitrogens with one attached hydrogen (secondary N) is 1. The zero-order chi connectivity index (χ0) is 20.1. The van der Waals surface area contributed by atoms with Gasteiger partial charge >= 0.3 is 5.97 Å². The number of aromatic nitrogens is 1. The Kier molecular flexibility index (Phi) is 7.15. The SMILES string of the molecule is Cc1cc(C(=O)N[C@H](C(=O)O)C(C)C)c(=O)n(CCN2CCOCC2)c1C. The van der Waals surface area contributed by atoms with E-state index in [1.807, 2.05) is 13.8 Å². The quantitative estimate of drug-likeness (QED) is 0.721. The number of amides is 1. The van der Waals surface area contributed by atoms with Crippen LogP contribution in [0.1, 0.15) is 35.5 Å². The van der Waals surface area contributed by atoms with E-state index in [-0.39, 0.29) is 11.5 Å². The molecule has 0 aliphatic carbocycles. The molecule has 0 unspecified atom stereocenters. The molecule has 0 aromatic carbocycles. The molecule has 2 heterocycles. The van der Waals surface area contributed by atoms with Gasteiger partial charge in [-0.05, 0) is 31.4 Å². The molecule has 1 fully saturated rings. The maximum absolute atomic E-state index is 12.9. The lowest BCUT2D eigenvalue weighted by atomic mass is 10.0. The molecule has 1 aliphatic heterocycles. The molecule has 0 saturated carbocycles. The summed E-state index contributed by atoms with van der Waals surface area (Å²) < 4.78 is 6.94. The number of aryl methyl sites for hydroxylation is 1. The van der Waals surface area contributed by atoms with Crippen LogP contribution in [0.25, 0.3) is 0 Å². The van der Waals surface area contributed by atoms with Crippen LogP contribution in [-0.4, -0.2) is 65.3 Å². The summed E-state index contributed by atoms with van der Waals surface area (Å²) in [5.74, 6) is -2.05. The second-order valence-corrected chi connectivity index (χ2v) is 7.27. The number of pyridine rings is 1. The van der Waals surface area contributed by atoms with Gasteiger partial charge in [-0.25, -0.2) is 4.79 Å². The van der Waals surface area contributed by atoms with Gasteiger partial charge in [0.05, 0.1) is 13.2 Å². The molecular formula is C19H29N3O5. The van der Waals surface area contributed by atoms with E-state index >= 15 is 0 Å². The molecule has 1 amide bonds. The Labute approximate surface area is 159 Å². The normalized spacial score (nSPS) is 16.3. The van der Waals surface area contributed by atoms with Crippen LogP contribution >= 0.6 is 0 Å². The van der Waals surface area contributed by atoms with E-state index in [2.05, 4.69) is 10.2 Å². The van der Waals surface area contributed by atoms with E-state index in [0.717, 1.165) is 24.3 Å². The lowest BCUT2D eigenvalue weighted by Crippen LogP contribution is -2.46. The van der Waals surface area contributed by atoms with Gasteiger partial charge < -0.3 is 19.7 Å². The van der Waals surface area contributed by atoms with Gasteiger partial charge in [-0.2, -0.15) is 0 Å². The smallest absolute Gasteiger partial charge is 0.326 e. The Bertz CT molecular complexity index is 750. The highest BCUT2D eigenvalue weighted by Gasteiger charge is 2.26. The molecule has 1 aromatic heterocycles. The fourth-order valence-corrected chi connectivity index (χ4v) is 3.12. The monoisotopic (exact) mass is 379 g/mol. The highest BCUT2D eigenvalue weighted by Crippen LogP contribution is 2.09. The molecule has 0 radical (unpaired) electrons. The number of morpholine rings is 1. The molecule has 150 valence electrons. The second-order valence-electron chi connectivity index (χ2n) is 7.27. The summed E-state index contributed by atoms with van der Waals surface area (Å²) >= 11 is 0. The fraction of sp³-hybridized carbons (Fsp3) is 0.632. The average Bonchev–Trinajstić information content (AvgIpc) is 2.62. The average molecular weight is 379 g/mol. The van der Waals surface area contributed by atoms with Gasteiger partial charge in [0.25, 0.3) is 11.5 Å². The first-order valence-corrected chi connectivity index (χ1v) is 9.27. The highest BCUT2D eigenvalue weighted by atomic mass is 16.5. The van der Waals surface area contributed by atoms with E-state index in [1.165, 1.54) is 6.07 Å². The highest BCUT2D eigenvalue weighted by molar-refractivity contribution is 5.96. The molecule has 1 atom stereocenters. The number of ether oxygens (including phenoxy) is 1. The number of nitrogens with zero attached hydrogens (tertiary/aromatic N) is 2. The molecule has 8 nitrogen and oxygen atoms in total. The molecule has 1 aromatic rings. The third-order valence-corrected chi connectivity index (χ3v) is 5.02. The first-order valence-electron chi connectivity index (χ1n) is 9.27.